The molecule has 2 aliphatic rings. The fraction of sp³-hybridized carbons (Fsp3) is 0.643. The Labute approximate surface area is 112 Å². The van der Waals surface area contributed by atoms with E-state index in [4.69, 9.17) is 13.9 Å². The molecule has 5 heteroatoms. The first-order valence-electron chi connectivity index (χ1n) is 6.79. The van der Waals surface area contributed by atoms with Crippen molar-refractivity contribution in [1.82, 2.24) is 4.90 Å². The molecule has 3 rings (SSSR count). The minimum absolute atomic E-state index is 0.0563. The van der Waals surface area contributed by atoms with Crippen molar-refractivity contribution in [2.24, 2.45) is 0 Å². The van der Waals surface area contributed by atoms with Gasteiger partial charge in [-0.15, -0.1) is 0 Å². The highest BCUT2D eigenvalue weighted by Crippen LogP contribution is 2.37. The first-order chi connectivity index (χ1) is 9.20. The van der Waals surface area contributed by atoms with Gasteiger partial charge in [0.1, 0.15) is 0 Å². The second-order valence-corrected chi connectivity index (χ2v) is 5.23. The second kappa shape index (κ2) is 4.98. The molecule has 2 heterocycles. The number of amides is 1. The molecule has 0 aromatic carbocycles. The van der Waals surface area contributed by atoms with Crippen molar-refractivity contribution in [3.05, 3.63) is 24.2 Å². The van der Waals surface area contributed by atoms with Crippen LogP contribution in [-0.4, -0.2) is 42.9 Å². The number of ether oxygens (including phenoxy) is 2. The molecule has 2 fully saturated rings. The zero-order chi connectivity index (χ0) is 13.3. The van der Waals surface area contributed by atoms with Crippen LogP contribution in [0.3, 0.4) is 0 Å². The highest BCUT2D eigenvalue weighted by atomic mass is 16.7. The van der Waals surface area contributed by atoms with E-state index in [0.717, 1.165) is 25.7 Å². The Morgan fingerprint density at radius 3 is 2.58 bits per heavy atom. The highest BCUT2D eigenvalue weighted by molar-refractivity contribution is 5.91. The Kier molecular flexibility index (Phi) is 3.33. The lowest BCUT2D eigenvalue weighted by atomic mass is 9.89. The monoisotopic (exact) mass is 265 g/mol. The summed E-state index contributed by atoms with van der Waals surface area (Å²) < 4.78 is 16.6. The molecule has 1 aliphatic carbocycles. The van der Waals surface area contributed by atoms with Gasteiger partial charge in [0.05, 0.1) is 19.5 Å². The minimum atomic E-state index is -0.370. The van der Waals surface area contributed by atoms with Crippen molar-refractivity contribution in [3.63, 3.8) is 0 Å². The van der Waals surface area contributed by atoms with Gasteiger partial charge in [-0.1, -0.05) is 0 Å². The molecule has 1 spiro atoms. The van der Waals surface area contributed by atoms with Gasteiger partial charge in [-0.05, 0) is 25.0 Å². The molecule has 0 unspecified atom stereocenters. The van der Waals surface area contributed by atoms with E-state index in [2.05, 4.69) is 0 Å². The van der Waals surface area contributed by atoms with Gasteiger partial charge in [0.25, 0.3) is 5.91 Å². The smallest absolute Gasteiger partial charge is 0.289 e. The molecule has 0 bridgehead atoms. The number of nitrogens with zero attached hydrogens (tertiary/aromatic N) is 1. The van der Waals surface area contributed by atoms with Gasteiger partial charge < -0.3 is 18.8 Å². The van der Waals surface area contributed by atoms with Gasteiger partial charge in [0.2, 0.25) is 0 Å². The van der Waals surface area contributed by atoms with Crippen LogP contribution in [-0.2, 0) is 9.47 Å². The van der Waals surface area contributed by atoms with Crippen LogP contribution in [0.15, 0.2) is 22.8 Å². The van der Waals surface area contributed by atoms with E-state index in [9.17, 15) is 4.79 Å². The third kappa shape index (κ3) is 2.40. The maximum atomic E-state index is 12.2. The number of rotatable bonds is 2. The molecule has 104 valence electrons. The summed E-state index contributed by atoms with van der Waals surface area (Å²) in [6.07, 6.45) is 5.05. The van der Waals surface area contributed by atoms with Crippen LogP contribution >= 0.6 is 0 Å². The third-order valence-corrected chi connectivity index (χ3v) is 4.13. The summed E-state index contributed by atoms with van der Waals surface area (Å²) in [7, 11) is 1.84. The van der Waals surface area contributed by atoms with Crippen LogP contribution in [0.5, 0.6) is 0 Å². The fourth-order valence-corrected chi connectivity index (χ4v) is 2.96. The third-order valence-electron chi connectivity index (χ3n) is 4.13. The SMILES string of the molecule is CN(C(=O)c1ccco1)C1CCC2(CC1)OCCO2. The maximum absolute atomic E-state index is 12.2. The Hall–Kier alpha value is -1.33. The molecule has 5 nitrogen and oxygen atoms in total. The molecule has 0 radical (unpaired) electrons. The summed E-state index contributed by atoms with van der Waals surface area (Å²) in [6, 6.07) is 3.67. The summed E-state index contributed by atoms with van der Waals surface area (Å²) >= 11 is 0. The van der Waals surface area contributed by atoms with E-state index in [1.54, 1.807) is 17.0 Å². The van der Waals surface area contributed by atoms with Crippen LogP contribution in [0.25, 0.3) is 0 Å². The van der Waals surface area contributed by atoms with E-state index in [1.165, 1.54) is 6.26 Å². The summed E-state index contributed by atoms with van der Waals surface area (Å²) in [5.74, 6) is -0.0270. The predicted octanol–water partition coefficient (Wildman–Crippen LogP) is 2.04. The lowest BCUT2D eigenvalue weighted by molar-refractivity contribution is -0.182. The van der Waals surface area contributed by atoms with Gasteiger partial charge >= 0.3 is 0 Å². The van der Waals surface area contributed by atoms with Crippen LogP contribution in [0, 0.1) is 0 Å². The van der Waals surface area contributed by atoms with Crippen LogP contribution < -0.4 is 0 Å². The number of carbonyl (C=O) groups is 1. The standard InChI is InChI=1S/C14H19NO4/c1-15(13(16)12-3-2-8-17-12)11-4-6-14(7-5-11)18-9-10-19-14/h2-3,8,11H,4-7,9-10H2,1H3. The molecule has 1 aliphatic heterocycles. The van der Waals surface area contributed by atoms with Gasteiger partial charge in [-0.3, -0.25) is 4.79 Å². The quantitative estimate of drug-likeness (QED) is 0.821. The molecule has 1 aromatic rings. The number of hydrogen-bond donors (Lipinski definition) is 0. The molecular weight excluding hydrogens is 246 g/mol. The summed E-state index contributed by atoms with van der Waals surface area (Å²) in [5.41, 5.74) is 0. The zero-order valence-electron chi connectivity index (χ0n) is 11.1. The van der Waals surface area contributed by atoms with Gasteiger partial charge in [0.15, 0.2) is 11.5 Å². The lowest BCUT2D eigenvalue weighted by Gasteiger charge is -2.38. The molecule has 1 amide bonds. The zero-order valence-corrected chi connectivity index (χ0v) is 11.1. The normalized spacial score (nSPS) is 22.8. The number of hydrogen-bond acceptors (Lipinski definition) is 4. The van der Waals surface area contributed by atoms with Gasteiger partial charge in [-0.2, -0.15) is 0 Å². The van der Waals surface area contributed by atoms with Crippen molar-refractivity contribution in [1.29, 1.82) is 0 Å². The van der Waals surface area contributed by atoms with E-state index in [1.807, 2.05) is 7.05 Å². The molecule has 1 saturated carbocycles. The summed E-state index contributed by atoms with van der Waals surface area (Å²) in [4.78, 5) is 14.0. The first-order valence-corrected chi connectivity index (χ1v) is 6.79. The molecule has 1 aromatic heterocycles. The van der Waals surface area contributed by atoms with Gasteiger partial charge in [-0.25, -0.2) is 0 Å². The van der Waals surface area contributed by atoms with E-state index in [-0.39, 0.29) is 17.7 Å². The Bertz CT molecular complexity index is 426. The van der Waals surface area contributed by atoms with E-state index < -0.39 is 0 Å². The molecule has 0 N–H and O–H groups in total. The van der Waals surface area contributed by atoms with E-state index >= 15 is 0 Å². The maximum Gasteiger partial charge on any atom is 0.289 e. The Morgan fingerprint density at radius 2 is 2.00 bits per heavy atom. The molecular formula is C14H19NO4. The molecule has 19 heavy (non-hydrogen) atoms. The van der Waals surface area contributed by atoms with Crippen LogP contribution in [0.1, 0.15) is 36.2 Å². The van der Waals surface area contributed by atoms with E-state index in [0.29, 0.717) is 19.0 Å². The minimum Gasteiger partial charge on any atom is -0.459 e. The summed E-state index contributed by atoms with van der Waals surface area (Å²) in [5, 5.41) is 0. The van der Waals surface area contributed by atoms with Crippen LogP contribution in [0.2, 0.25) is 0 Å². The first kappa shape index (κ1) is 12.7. The fourth-order valence-electron chi connectivity index (χ4n) is 2.96. The molecule has 1 saturated heterocycles. The lowest BCUT2D eigenvalue weighted by Crippen LogP contribution is -2.44. The average molecular weight is 265 g/mol. The highest BCUT2D eigenvalue weighted by Gasteiger charge is 2.41. The molecule has 0 atom stereocenters. The van der Waals surface area contributed by atoms with Gasteiger partial charge in [0, 0.05) is 25.9 Å². The number of furan rings is 1. The van der Waals surface area contributed by atoms with Crippen molar-refractivity contribution in [2.75, 3.05) is 20.3 Å². The average Bonchev–Trinajstić information content (AvgIpc) is 3.10. The van der Waals surface area contributed by atoms with Crippen molar-refractivity contribution in [3.8, 4) is 0 Å². The topological polar surface area (TPSA) is 51.9 Å². The Morgan fingerprint density at radius 1 is 1.32 bits per heavy atom. The number of carbonyl (C=O) groups excluding carboxylic acids is 1. The van der Waals surface area contributed by atoms with Crippen LogP contribution in [0.4, 0.5) is 0 Å². The largest absolute Gasteiger partial charge is 0.459 e. The second-order valence-electron chi connectivity index (χ2n) is 5.23. The Balaban J connectivity index is 1.60. The summed E-state index contributed by atoms with van der Waals surface area (Å²) in [6.45, 7) is 1.37. The van der Waals surface area contributed by atoms with Crippen molar-refractivity contribution >= 4 is 5.91 Å². The predicted molar refractivity (Wildman–Crippen MR) is 67.7 cm³/mol. The van der Waals surface area contributed by atoms with Crippen molar-refractivity contribution < 1.29 is 18.7 Å². The van der Waals surface area contributed by atoms with Crippen molar-refractivity contribution in [2.45, 2.75) is 37.5 Å².